The van der Waals surface area contributed by atoms with Crippen LogP contribution in [0.3, 0.4) is 0 Å². The van der Waals surface area contributed by atoms with Crippen LogP contribution in [-0.4, -0.2) is 8.42 Å². The van der Waals surface area contributed by atoms with Crippen LogP contribution in [0.4, 0.5) is 28.9 Å². The molecule has 112 valence electrons. The second kappa shape index (κ2) is 5.24. The predicted octanol–water partition coefficient (Wildman–Crippen LogP) is 2.63. The highest BCUT2D eigenvalue weighted by Gasteiger charge is 2.18. The first-order valence-electron chi connectivity index (χ1n) is 5.43. The lowest BCUT2D eigenvalue weighted by Crippen LogP contribution is -2.14. The summed E-state index contributed by atoms with van der Waals surface area (Å²) in [6.07, 6.45) is 0. The van der Waals surface area contributed by atoms with E-state index in [1.165, 1.54) is 0 Å². The van der Waals surface area contributed by atoms with Gasteiger partial charge in [0.2, 0.25) is 0 Å². The maximum atomic E-state index is 13.2. The number of halogens is 4. The van der Waals surface area contributed by atoms with E-state index in [1.54, 1.807) is 0 Å². The number of nitrogen functional groups attached to an aromatic ring is 1. The minimum absolute atomic E-state index is 0.257. The number of anilines is 2. The molecule has 0 aliphatic carbocycles. The van der Waals surface area contributed by atoms with Crippen molar-refractivity contribution < 1.29 is 26.0 Å². The number of sulfonamides is 1. The minimum atomic E-state index is -4.30. The molecule has 0 aliphatic heterocycles. The van der Waals surface area contributed by atoms with Gasteiger partial charge in [0.05, 0.1) is 16.3 Å². The molecule has 21 heavy (non-hydrogen) atoms. The van der Waals surface area contributed by atoms with Crippen LogP contribution in [0.25, 0.3) is 0 Å². The van der Waals surface area contributed by atoms with Crippen LogP contribution in [-0.2, 0) is 10.0 Å². The van der Waals surface area contributed by atoms with E-state index in [1.807, 2.05) is 4.72 Å². The molecular formula is C12H8F4N2O2S. The topological polar surface area (TPSA) is 72.2 Å². The third kappa shape index (κ3) is 3.07. The van der Waals surface area contributed by atoms with Gasteiger partial charge >= 0.3 is 0 Å². The van der Waals surface area contributed by atoms with Gasteiger partial charge in [0.25, 0.3) is 10.0 Å². The van der Waals surface area contributed by atoms with Gasteiger partial charge in [0, 0.05) is 12.1 Å². The van der Waals surface area contributed by atoms with E-state index in [9.17, 15) is 26.0 Å². The molecule has 9 heteroatoms. The molecule has 2 rings (SSSR count). The Morgan fingerprint density at radius 3 is 2.00 bits per heavy atom. The van der Waals surface area contributed by atoms with Crippen molar-refractivity contribution in [1.29, 1.82) is 0 Å². The Bertz CT molecular complexity index is 786. The van der Waals surface area contributed by atoms with Crippen molar-refractivity contribution in [2.24, 2.45) is 0 Å². The van der Waals surface area contributed by atoms with Gasteiger partial charge in [-0.25, -0.2) is 26.0 Å². The van der Waals surface area contributed by atoms with E-state index >= 15 is 0 Å². The predicted molar refractivity (Wildman–Crippen MR) is 67.9 cm³/mol. The number of hydrogen-bond acceptors (Lipinski definition) is 3. The molecule has 0 saturated carbocycles. The summed E-state index contributed by atoms with van der Waals surface area (Å²) >= 11 is 0. The minimum Gasteiger partial charge on any atom is -0.396 e. The third-order valence-corrected chi connectivity index (χ3v) is 3.90. The van der Waals surface area contributed by atoms with Crippen LogP contribution >= 0.6 is 0 Å². The SMILES string of the molecule is Nc1ccc(S(=O)(=O)Nc2cc(F)c(F)c(F)c2)cc1F. The Morgan fingerprint density at radius 1 is 0.905 bits per heavy atom. The lowest BCUT2D eigenvalue weighted by atomic mass is 10.3. The molecule has 0 heterocycles. The summed E-state index contributed by atoms with van der Waals surface area (Å²) in [5, 5.41) is 0. The zero-order chi connectivity index (χ0) is 15.8. The van der Waals surface area contributed by atoms with Gasteiger partial charge < -0.3 is 5.73 Å². The first-order valence-corrected chi connectivity index (χ1v) is 6.91. The van der Waals surface area contributed by atoms with Gasteiger partial charge in [-0.15, -0.1) is 0 Å². The number of benzene rings is 2. The summed E-state index contributed by atoms with van der Waals surface area (Å²) in [4.78, 5) is -0.501. The van der Waals surface area contributed by atoms with Gasteiger partial charge in [-0.1, -0.05) is 0 Å². The van der Waals surface area contributed by atoms with Crippen LogP contribution in [0.1, 0.15) is 0 Å². The van der Waals surface area contributed by atoms with Crippen molar-refractivity contribution in [3.8, 4) is 0 Å². The lowest BCUT2D eigenvalue weighted by molar-refractivity contribution is 0.448. The molecule has 0 radical (unpaired) electrons. The summed E-state index contributed by atoms with van der Waals surface area (Å²) in [6.45, 7) is 0. The van der Waals surface area contributed by atoms with E-state index in [0.717, 1.165) is 12.1 Å². The summed E-state index contributed by atoms with van der Waals surface area (Å²) in [6, 6.07) is 3.61. The normalized spacial score (nSPS) is 11.4. The molecule has 4 nitrogen and oxygen atoms in total. The smallest absolute Gasteiger partial charge is 0.262 e. The Labute approximate surface area is 117 Å². The molecule has 0 saturated heterocycles. The van der Waals surface area contributed by atoms with Gasteiger partial charge in [0.15, 0.2) is 17.5 Å². The summed E-state index contributed by atoms with van der Waals surface area (Å²) in [5.41, 5.74) is 4.41. The fraction of sp³-hybridized carbons (Fsp3) is 0. The van der Waals surface area contributed by atoms with Crippen molar-refractivity contribution in [3.05, 3.63) is 53.6 Å². The van der Waals surface area contributed by atoms with Crippen LogP contribution in [0.15, 0.2) is 35.2 Å². The van der Waals surface area contributed by atoms with Gasteiger partial charge in [-0.3, -0.25) is 4.72 Å². The molecule has 0 amide bonds. The first-order chi connectivity index (χ1) is 9.70. The fourth-order valence-electron chi connectivity index (χ4n) is 1.50. The summed E-state index contributed by atoms with van der Waals surface area (Å²) < 4.78 is 77.7. The van der Waals surface area contributed by atoms with Gasteiger partial charge in [-0.05, 0) is 18.2 Å². The van der Waals surface area contributed by atoms with Gasteiger partial charge in [-0.2, -0.15) is 0 Å². The molecule has 0 atom stereocenters. The molecular weight excluding hydrogens is 312 g/mol. The highest BCUT2D eigenvalue weighted by Crippen LogP contribution is 2.22. The average Bonchev–Trinajstić information content (AvgIpc) is 2.38. The molecule has 2 aromatic carbocycles. The van der Waals surface area contributed by atoms with Crippen LogP contribution in [0, 0.1) is 23.3 Å². The van der Waals surface area contributed by atoms with Gasteiger partial charge in [0.1, 0.15) is 5.82 Å². The Morgan fingerprint density at radius 2 is 1.48 bits per heavy atom. The van der Waals surface area contributed by atoms with Crippen molar-refractivity contribution in [1.82, 2.24) is 0 Å². The summed E-state index contributed by atoms with van der Waals surface area (Å²) in [7, 11) is -4.30. The van der Waals surface area contributed by atoms with E-state index in [2.05, 4.69) is 0 Å². The number of nitrogens with one attached hydrogen (secondary N) is 1. The van der Waals surface area contributed by atoms with Crippen LogP contribution in [0.2, 0.25) is 0 Å². The quantitative estimate of drug-likeness (QED) is 0.519. The Balaban J connectivity index is 2.39. The molecule has 2 aromatic rings. The molecule has 0 bridgehead atoms. The molecule has 0 fully saturated rings. The standard InChI is InChI=1S/C12H8F4N2O2S/c13-8-5-7(1-2-11(8)17)21(19,20)18-6-3-9(14)12(16)10(15)4-6/h1-5,18H,17H2. The highest BCUT2D eigenvalue weighted by atomic mass is 32.2. The molecule has 0 spiro atoms. The maximum Gasteiger partial charge on any atom is 0.262 e. The molecule has 0 aliphatic rings. The van der Waals surface area contributed by atoms with Crippen LogP contribution in [0.5, 0.6) is 0 Å². The Hall–Kier alpha value is -2.29. The third-order valence-electron chi connectivity index (χ3n) is 2.52. The number of hydrogen-bond donors (Lipinski definition) is 2. The lowest BCUT2D eigenvalue weighted by Gasteiger charge is -2.09. The van der Waals surface area contributed by atoms with Crippen molar-refractivity contribution in [2.45, 2.75) is 4.90 Å². The van der Waals surface area contributed by atoms with E-state index in [4.69, 9.17) is 5.73 Å². The monoisotopic (exact) mass is 320 g/mol. The Kier molecular flexibility index (Phi) is 3.77. The second-order valence-corrected chi connectivity index (χ2v) is 5.73. The van der Waals surface area contributed by atoms with Crippen molar-refractivity contribution in [2.75, 3.05) is 10.5 Å². The van der Waals surface area contributed by atoms with Crippen molar-refractivity contribution >= 4 is 21.4 Å². The maximum absolute atomic E-state index is 13.2. The zero-order valence-corrected chi connectivity index (χ0v) is 11.0. The van der Waals surface area contributed by atoms with E-state index < -0.39 is 43.9 Å². The molecule has 0 aromatic heterocycles. The van der Waals surface area contributed by atoms with E-state index in [-0.39, 0.29) is 5.69 Å². The molecule has 0 unspecified atom stereocenters. The second-order valence-electron chi connectivity index (χ2n) is 4.04. The highest BCUT2D eigenvalue weighted by molar-refractivity contribution is 7.92. The fourth-order valence-corrected chi connectivity index (χ4v) is 2.56. The number of nitrogens with two attached hydrogens (primary N) is 1. The molecule has 3 N–H and O–H groups in total. The van der Waals surface area contributed by atoms with E-state index in [0.29, 0.717) is 18.2 Å². The first kappa shape index (κ1) is 15.1. The zero-order valence-electron chi connectivity index (χ0n) is 10.2. The van der Waals surface area contributed by atoms with Crippen molar-refractivity contribution in [3.63, 3.8) is 0 Å². The summed E-state index contributed by atoms with van der Waals surface area (Å²) in [5.74, 6) is -5.81. The number of rotatable bonds is 3. The van der Waals surface area contributed by atoms with Crippen LogP contribution < -0.4 is 10.5 Å². The largest absolute Gasteiger partial charge is 0.396 e. The average molecular weight is 320 g/mol.